The highest BCUT2D eigenvalue weighted by molar-refractivity contribution is 6.26. The van der Waals surface area contributed by atoms with E-state index in [-0.39, 0.29) is 0 Å². The summed E-state index contributed by atoms with van der Waals surface area (Å²) >= 11 is 0. The predicted molar refractivity (Wildman–Crippen MR) is 312 cm³/mol. The molecule has 0 amide bonds. The van der Waals surface area contributed by atoms with Crippen molar-refractivity contribution in [2.75, 3.05) is 4.90 Å². The summed E-state index contributed by atoms with van der Waals surface area (Å²) < 4.78 is 0. The van der Waals surface area contributed by atoms with Gasteiger partial charge in [-0.05, 0) is 152 Å². The third-order valence-electron chi connectivity index (χ3n) is 16.1. The van der Waals surface area contributed by atoms with Crippen LogP contribution in [-0.4, -0.2) is 0 Å². The maximum Gasteiger partial charge on any atom is 0.0726 e. The lowest BCUT2D eigenvalue weighted by Crippen LogP contribution is -2.26. The summed E-state index contributed by atoms with van der Waals surface area (Å²) in [6.45, 7) is 0. The van der Waals surface area contributed by atoms with E-state index >= 15 is 0 Å². The first-order chi connectivity index (χ1) is 36.7. The molecule has 2 aliphatic rings. The molecule has 0 aliphatic heterocycles. The monoisotopic (exact) mass is 937 g/mol. The van der Waals surface area contributed by atoms with Crippen LogP contribution < -0.4 is 4.90 Å². The van der Waals surface area contributed by atoms with Crippen molar-refractivity contribution >= 4 is 49.4 Å². The Kier molecular flexibility index (Phi) is 9.55. The van der Waals surface area contributed by atoms with Crippen molar-refractivity contribution in [2.24, 2.45) is 0 Å². The molecule has 74 heavy (non-hydrogen) atoms. The average Bonchev–Trinajstić information content (AvgIpc) is 3.94. The van der Waals surface area contributed by atoms with Crippen LogP contribution in [0.2, 0.25) is 0 Å². The van der Waals surface area contributed by atoms with E-state index in [2.05, 4.69) is 290 Å². The number of nitrogens with zero attached hydrogens (tertiary/aromatic N) is 1. The largest absolute Gasteiger partial charge is 0.310 e. The molecule has 0 atom stereocenters. The molecule has 1 heteroatoms. The van der Waals surface area contributed by atoms with Crippen molar-refractivity contribution in [2.45, 2.75) is 5.41 Å². The van der Waals surface area contributed by atoms with Crippen LogP contribution in [0.25, 0.3) is 99.1 Å². The van der Waals surface area contributed by atoms with Crippen molar-refractivity contribution in [3.63, 3.8) is 0 Å². The highest BCUT2D eigenvalue weighted by atomic mass is 15.1. The van der Waals surface area contributed by atoms with E-state index in [1.165, 1.54) is 110 Å². The lowest BCUT2D eigenvalue weighted by molar-refractivity contribution is 0.794. The number of benzene rings is 13. The summed E-state index contributed by atoms with van der Waals surface area (Å²) in [5.74, 6) is 0. The van der Waals surface area contributed by atoms with E-state index in [9.17, 15) is 0 Å². The summed E-state index contributed by atoms with van der Waals surface area (Å²) in [6, 6.07) is 106. The van der Waals surface area contributed by atoms with Crippen LogP contribution in [-0.2, 0) is 5.41 Å². The van der Waals surface area contributed by atoms with Gasteiger partial charge < -0.3 is 4.90 Å². The fourth-order valence-electron chi connectivity index (χ4n) is 12.9. The van der Waals surface area contributed by atoms with Gasteiger partial charge in [0.25, 0.3) is 0 Å². The Labute approximate surface area is 431 Å². The van der Waals surface area contributed by atoms with Crippen LogP contribution in [0.1, 0.15) is 22.3 Å². The molecule has 0 bridgehead atoms. The second-order valence-corrected chi connectivity index (χ2v) is 19.9. The number of rotatable bonds is 7. The van der Waals surface area contributed by atoms with Crippen molar-refractivity contribution in [1.29, 1.82) is 0 Å². The van der Waals surface area contributed by atoms with Gasteiger partial charge in [0.15, 0.2) is 0 Å². The van der Waals surface area contributed by atoms with Crippen LogP contribution in [0.15, 0.2) is 285 Å². The first kappa shape index (κ1) is 42.2. The standard InChI is InChI=1S/C73H47N/c1-3-19-48(20-4-1)49-35-37-52(38-36-49)65-46-67-64-31-15-18-34-70(64)73(68-32-16-13-29-62(68)63-30-14-17-33-69(63)73)71(67)47-72(65)74(53-41-39-51(40-42-53)56-24-8-7-23-55(56)50-21-5-2-6-22-50)54-43-44-61-59-27-10-9-25-57(59)58-26-11-12-28-60(58)66(61)45-54/h1-47H. The zero-order valence-electron chi connectivity index (χ0n) is 40.6. The predicted octanol–water partition coefficient (Wildman–Crippen LogP) is 19.6. The third-order valence-corrected chi connectivity index (χ3v) is 16.1. The Morgan fingerprint density at radius 2 is 0.568 bits per heavy atom. The Morgan fingerprint density at radius 1 is 0.203 bits per heavy atom. The van der Waals surface area contributed by atoms with Crippen LogP contribution in [0.3, 0.4) is 0 Å². The number of anilines is 3. The molecule has 1 nitrogen and oxygen atoms in total. The summed E-state index contributed by atoms with van der Waals surface area (Å²) in [7, 11) is 0. The maximum atomic E-state index is 2.57. The lowest BCUT2D eigenvalue weighted by atomic mass is 9.70. The van der Waals surface area contributed by atoms with Gasteiger partial charge in [-0.2, -0.15) is 0 Å². The minimum Gasteiger partial charge on any atom is -0.310 e. The molecular weight excluding hydrogens is 891 g/mol. The molecule has 0 N–H and O–H groups in total. The number of hydrogen-bond acceptors (Lipinski definition) is 1. The zero-order valence-corrected chi connectivity index (χ0v) is 40.6. The van der Waals surface area contributed by atoms with Crippen LogP contribution in [0, 0.1) is 0 Å². The van der Waals surface area contributed by atoms with Gasteiger partial charge in [-0.3, -0.25) is 0 Å². The lowest BCUT2D eigenvalue weighted by Gasteiger charge is -2.33. The summed E-state index contributed by atoms with van der Waals surface area (Å²) in [5, 5.41) is 7.51. The molecule has 0 fully saturated rings. The molecule has 2 aliphatic carbocycles. The molecule has 0 saturated carbocycles. The minimum absolute atomic E-state index is 0.529. The molecular formula is C73H47N. The fraction of sp³-hybridized carbons (Fsp3) is 0.0137. The smallest absolute Gasteiger partial charge is 0.0726 e. The molecule has 0 saturated heterocycles. The van der Waals surface area contributed by atoms with Crippen molar-refractivity contribution in [3.05, 3.63) is 307 Å². The van der Waals surface area contributed by atoms with Crippen molar-refractivity contribution in [3.8, 4) is 66.8 Å². The van der Waals surface area contributed by atoms with E-state index < -0.39 is 5.41 Å². The SMILES string of the molecule is c1ccc(-c2ccc(-c3cc4c(cc3N(c3ccc(-c5ccccc5-c5ccccc5)cc3)c3ccc5c6ccccc6c6ccccc6c5c3)C3(c5ccccc5-c5ccccc53)c3ccccc3-4)cc2)cc1. The highest BCUT2D eigenvalue weighted by Gasteiger charge is 2.52. The first-order valence-electron chi connectivity index (χ1n) is 25.7. The molecule has 13 aromatic carbocycles. The quantitative estimate of drug-likeness (QED) is 0.144. The van der Waals surface area contributed by atoms with Gasteiger partial charge in [-0.25, -0.2) is 0 Å². The van der Waals surface area contributed by atoms with E-state index in [1.54, 1.807) is 0 Å². The van der Waals surface area contributed by atoms with Gasteiger partial charge in [0.1, 0.15) is 0 Å². The second-order valence-electron chi connectivity index (χ2n) is 19.9. The summed E-state index contributed by atoms with van der Waals surface area (Å²) in [6.07, 6.45) is 0. The highest BCUT2D eigenvalue weighted by Crippen LogP contribution is 2.64. The summed E-state index contributed by atoms with van der Waals surface area (Å²) in [5.41, 5.74) is 22.7. The van der Waals surface area contributed by atoms with Crippen LogP contribution in [0.4, 0.5) is 17.1 Å². The van der Waals surface area contributed by atoms with E-state index in [1.807, 2.05) is 0 Å². The Hall–Kier alpha value is -9.56. The second kappa shape index (κ2) is 16.8. The molecule has 15 rings (SSSR count). The number of fused-ring (bicyclic) bond motifs is 16. The van der Waals surface area contributed by atoms with Gasteiger partial charge in [-0.1, -0.05) is 249 Å². The van der Waals surface area contributed by atoms with Gasteiger partial charge in [0.05, 0.1) is 11.1 Å². The Balaban J connectivity index is 1.03. The van der Waals surface area contributed by atoms with E-state index in [0.717, 1.165) is 28.2 Å². The number of hydrogen-bond donors (Lipinski definition) is 0. The van der Waals surface area contributed by atoms with Gasteiger partial charge in [-0.15, -0.1) is 0 Å². The van der Waals surface area contributed by atoms with Crippen molar-refractivity contribution in [1.82, 2.24) is 0 Å². The van der Waals surface area contributed by atoms with Crippen LogP contribution >= 0.6 is 0 Å². The first-order valence-corrected chi connectivity index (χ1v) is 25.7. The van der Waals surface area contributed by atoms with Gasteiger partial charge in [0.2, 0.25) is 0 Å². The molecule has 0 aromatic heterocycles. The van der Waals surface area contributed by atoms with E-state index in [0.29, 0.717) is 0 Å². The molecule has 344 valence electrons. The maximum absolute atomic E-state index is 2.57. The van der Waals surface area contributed by atoms with E-state index in [4.69, 9.17) is 0 Å². The molecule has 0 radical (unpaired) electrons. The Morgan fingerprint density at radius 3 is 1.12 bits per heavy atom. The molecule has 1 spiro atoms. The van der Waals surface area contributed by atoms with Gasteiger partial charge >= 0.3 is 0 Å². The summed E-state index contributed by atoms with van der Waals surface area (Å²) in [4.78, 5) is 2.54. The Bertz CT molecular complexity index is 4260. The topological polar surface area (TPSA) is 3.24 Å². The van der Waals surface area contributed by atoms with Gasteiger partial charge in [0, 0.05) is 16.9 Å². The average molecular weight is 938 g/mol. The molecule has 13 aromatic rings. The van der Waals surface area contributed by atoms with Crippen molar-refractivity contribution < 1.29 is 0 Å². The molecule has 0 heterocycles. The minimum atomic E-state index is -0.529. The molecule has 0 unspecified atom stereocenters. The van der Waals surface area contributed by atoms with Crippen LogP contribution in [0.5, 0.6) is 0 Å². The zero-order chi connectivity index (χ0) is 48.7. The fourth-order valence-corrected chi connectivity index (χ4v) is 12.9. The normalized spacial score (nSPS) is 12.7. The third kappa shape index (κ3) is 6.30.